The van der Waals surface area contributed by atoms with Gasteiger partial charge >= 0.3 is 5.97 Å². The third-order valence-corrected chi connectivity index (χ3v) is 8.94. The molecule has 0 saturated carbocycles. The number of carbonyl (C=O) groups excluding carboxylic acids is 6. The van der Waals surface area contributed by atoms with Crippen molar-refractivity contribution in [2.45, 2.75) is 109 Å². The third-order valence-electron chi connectivity index (χ3n) is 8.94. The predicted octanol–water partition coefficient (Wildman–Crippen LogP) is -1.00. The van der Waals surface area contributed by atoms with Crippen molar-refractivity contribution >= 4 is 41.4 Å². The van der Waals surface area contributed by atoms with Crippen molar-refractivity contribution < 1.29 is 43.8 Å². The van der Waals surface area contributed by atoms with Gasteiger partial charge in [-0.25, -0.2) is 4.79 Å². The first-order valence-electron chi connectivity index (χ1n) is 17.9. The molecule has 17 nitrogen and oxygen atoms in total. The molecule has 0 bridgehead atoms. The number of nitrogens with zero attached hydrogens (tertiary/aromatic N) is 1. The topological polar surface area (TPSA) is 275 Å². The van der Waals surface area contributed by atoms with E-state index in [1.807, 2.05) is 0 Å². The summed E-state index contributed by atoms with van der Waals surface area (Å²) in [6.45, 7) is 5.61. The number of unbranched alkanes of at least 4 members (excludes halogenated alkanes) is 1. The molecular formula is C35H56N8O9. The number of hydrogen-bond acceptors (Lipinski definition) is 10. The van der Waals surface area contributed by atoms with E-state index < -0.39 is 84.6 Å². The molecule has 1 aliphatic rings. The van der Waals surface area contributed by atoms with Crippen LogP contribution in [0.15, 0.2) is 24.3 Å². The first-order valence-corrected chi connectivity index (χ1v) is 17.9. The normalized spacial score (nSPS) is 16.2. The molecule has 1 unspecified atom stereocenters. The third kappa shape index (κ3) is 14.8. The summed E-state index contributed by atoms with van der Waals surface area (Å²) >= 11 is 0. The second-order valence-corrected chi connectivity index (χ2v) is 13.3. The molecule has 1 aromatic carbocycles. The molecule has 17 heteroatoms. The zero-order valence-electron chi connectivity index (χ0n) is 30.3. The molecule has 6 atom stereocenters. The van der Waals surface area contributed by atoms with Crippen LogP contribution in [0.5, 0.6) is 5.75 Å². The minimum atomic E-state index is -1.41. The van der Waals surface area contributed by atoms with E-state index in [9.17, 15) is 43.8 Å². The zero-order valence-corrected chi connectivity index (χ0v) is 30.3. The van der Waals surface area contributed by atoms with Crippen LogP contribution in [-0.4, -0.2) is 113 Å². The Balaban J connectivity index is 2.24. The Labute approximate surface area is 304 Å². The number of phenolic OH excluding ortho intramolecular Hbond substituents is 1. The van der Waals surface area contributed by atoms with E-state index in [-0.39, 0.29) is 24.5 Å². The van der Waals surface area contributed by atoms with Crippen LogP contribution >= 0.6 is 0 Å². The van der Waals surface area contributed by atoms with Gasteiger partial charge in [-0.3, -0.25) is 28.8 Å². The molecule has 1 aromatic rings. The van der Waals surface area contributed by atoms with Gasteiger partial charge in [0.1, 0.15) is 29.9 Å². The van der Waals surface area contributed by atoms with Crippen molar-refractivity contribution in [3.63, 3.8) is 0 Å². The molecule has 0 aliphatic carbocycles. The summed E-state index contributed by atoms with van der Waals surface area (Å²) < 4.78 is 0. The number of nitrogens with two attached hydrogens (primary N) is 2. The SMILES string of the molecule is CC[C@H](C)[C@H](NC(=O)[C@H](Cc1ccc(O)cc1)NC(=O)CNC(=O)C(CC(=O)N1CCCCC1)NC(=O)[C@H](CCCCN)NC(=O)[C@H](C)N)C(=O)O. The Morgan fingerprint density at radius 3 is 2.00 bits per heavy atom. The van der Waals surface area contributed by atoms with Gasteiger partial charge in [-0.15, -0.1) is 0 Å². The fourth-order valence-corrected chi connectivity index (χ4v) is 5.54. The van der Waals surface area contributed by atoms with Crippen molar-refractivity contribution in [3.05, 3.63) is 29.8 Å². The molecule has 1 fully saturated rings. The molecule has 1 heterocycles. The maximum atomic E-state index is 13.5. The van der Waals surface area contributed by atoms with E-state index in [2.05, 4.69) is 26.6 Å². The maximum Gasteiger partial charge on any atom is 0.326 e. The molecule has 1 saturated heterocycles. The number of aliphatic carboxylic acids is 1. The Kier molecular flexibility index (Phi) is 18.5. The van der Waals surface area contributed by atoms with Crippen molar-refractivity contribution in [1.29, 1.82) is 0 Å². The van der Waals surface area contributed by atoms with Gasteiger partial charge in [0, 0.05) is 19.5 Å². The van der Waals surface area contributed by atoms with Gasteiger partial charge in [0.25, 0.3) is 0 Å². The molecule has 0 aromatic heterocycles. The molecule has 0 spiro atoms. The summed E-state index contributed by atoms with van der Waals surface area (Å²) in [5.41, 5.74) is 11.8. The largest absolute Gasteiger partial charge is 0.508 e. The lowest BCUT2D eigenvalue weighted by Gasteiger charge is -2.29. The van der Waals surface area contributed by atoms with Crippen LogP contribution in [-0.2, 0) is 40.0 Å². The number of benzene rings is 1. The van der Waals surface area contributed by atoms with Crippen LogP contribution in [0.3, 0.4) is 0 Å². The first-order chi connectivity index (χ1) is 24.7. The molecule has 0 radical (unpaired) electrons. The smallest absolute Gasteiger partial charge is 0.326 e. The quantitative estimate of drug-likeness (QED) is 0.0692. The van der Waals surface area contributed by atoms with E-state index in [1.54, 1.807) is 30.9 Å². The molecule has 290 valence electrons. The minimum Gasteiger partial charge on any atom is -0.508 e. The highest BCUT2D eigenvalue weighted by Gasteiger charge is 2.32. The van der Waals surface area contributed by atoms with E-state index in [4.69, 9.17) is 11.5 Å². The molecule has 1 aliphatic heterocycles. The van der Waals surface area contributed by atoms with Crippen LogP contribution in [0.25, 0.3) is 0 Å². The zero-order chi connectivity index (χ0) is 38.8. The van der Waals surface area contributed by atoms with Gasteiger partial charge in [-0.05, 0) is 75.6 Å². The fourth-order valence-electron chi connectivity index (χ4n) is 5.54. The standard InChI is InChI=1S/C35H56N8O9/c1-4-21(2)30(35(51)52)42-34(50)26(18-23-11-13-24(44)14-12-23)39-28(45)20-38-32(48)27(19-29(46)43-16-8-5-9-17-43)41-33(49)25(10-6-7-15-36)40-31(47)22(3)37/h11-14,21-22,25-27,30,44H,4-10,15-20,36-37H2,1-3H3,(H,38,48)(H,39,45)(H,40,47)(H,41,49)(H,42,50)(H,51,52)/t21-,22-,25-,26-,27?,30-/m0/s1. The van der Waals surface area contributed by atoms with Crippen LogP contribution in [0.2, 0.25) is 0 Å². The lowest BCUT2D eigenvalue weighted by Crippen LogP contribution is -2.58. The Bertz CT molecular complexity index is 1370. The van der Waals surface area contributed by atoms with Crippen LogP contribution < -0.4 is 38.1 Å². The van der Waals surface area contributed by atoms with Crippen molar-refractivity contribution in [2.75, 3.05) is 26.2 Å². The Hall–Kier alpha value is -4.77. The van der Waals surface area contributed by atoms with Gasteiger partial charge in [0.15, 0.2) is 0 Å². The summed E-state index contributed by atoms with van der Waals surface area (Å²) in [4.78, 5) is 92.6. The van der Waals surface area contributed by atoms with Gasteiger partial charge in [-0.2, -0.15) is 0 Å². The molecule has 11 N–H and O–H groups in total. The second-order valence-electron chi connectivity index (χ2n) is 13.3. The maximum absolute atomic E-state index is 13.5. The number of carboxylic acids is 1. The first kappa shape index (κ1) is 43.4. The molecular weight excluding hydrogens is 676 g/mol. The number of amides is 6. The summed E-state index contributed by atoms with van der Waals surface area (Å²) in [5.74, 6) is -5.78. The lowest BCUT2D eigenvalue weighted by molar-refractivity contribution is -0.143. The number of carboxylic acid groups (broad SMARTS) is 1. The number of rotatable bonds is 21. The minimum absolute atomic E-state index is 0.0159. The number of piperidine rings is 1. The highest BCUT2D eigenvalue weighted by Crippen LogP contribution is 2.14. The Morgan fingerprint density at radius 1 is 0.808 bits per heavy atom. The molecule has 52 heavy (non-hydrogen) atoms. The summed E-state index contributed by atoms with van der Waals surface area (Å²) in [6.07, 6.45) is 3.80. The average molecular weight is 733 g/mol. The van der Waals surface area contributed by atoms with Gasteiger partial charge in [0.05, 0.1) is 19.0 Å². The van der Waals surface area contributed by atoms with Crippen LogP contribution in [0.4, 0.5) is 0 Å². The highest BCUT2D eigenvalue weighted by molar-refractivity contribution is 5.97. The van der Waals surface area contributed by atoms with Gasteiger partial charge in [0.2, 0.25) is 35.4 Å². The monoisotopic (exact) mass is 732 g/mol. The number of likely N-dealkylation sites (tertiary alicyclic amines) is 1. The molecule has 2 rings (SSSR count). The summed E-state index contributed by atoms with van der Waals surface area (Å²) in [6, 6.07) is -0.00722. The number of carbonyl (C=O) groups is 7. The Morgan fingerprint density at radius 2 is 1.42 bits per heavy atom. The molecule has 6 amide bonds. The van der Waals surface area contributed by atoms with Crippen LogP contribution in [0.1, 0.15) is 77.7 Å². The van der Waals surface area contributed by atoms with E-state index in [1.165, 1.54) is 19.1 Å². The predicted molar refractivity (Wildman–Crippen MR) is 191 cm³/mol. The lowest BCUT2D eigenvalue weighted by atomic mass is 9.98. The number of phenols is 1. The van der Waals surface area contributed by atoms with Gasteiger partial charge in [-0.1, -0.05) is 32.4 Å². The summed E-state index contributed by atoms with van der Waals surface area (Å²) in [5, 5.41) is 32.0. The van der Waals surface area contributed by atoms with E-state index >= 15 is 0 Å². The second kappa shape index (κ2) is 22.2. The van der Waals surface area contributed by atoms with Crippen LogP contribution in [0, 0.1) is 5.92 Å². The van der Waals surface area contributed by atoms with Crippen molar-refractivity contribution in [3.8, 4) is 5.75 Å². The fraction of sp³-hybridized carbons (Fsp3) is 0.629. The summed E-state index contributed by atoms with van der Waals surface area (Å²) in [7, 11) is 0. The van der Waals surface area contributed by atoms with E-state index in [0.717, 1.165) is 19.3 Å². The van der Waals surface area contributed by atoms with Gasteiger partial charge < -0.3 is 53.2 Å². The van der Waals surface area contributed by atoms with Crippen molar-refractivity contribution in [2.24, 2.45) is 17.4 Å². The number of hydrogen-bond donors (Lipinski definition) is 9. The average Bonchev–Trinajstić information content (AvgIpc) is 3.12. The van der Waals surface area contributed by atoms with E-state index in [0.29, 0.717) is 44.5 Å². The number of aromatic hydroxyl groups is 1. The number of nitrogens with one attached hydrogen (secondary N) is 5. The van der Waals surface area contributed by atoms with Crippen molar-refractivity contribution in [1.82, 2.24) is 31.5 Å². The highest BCUT2D eigenvalue weighted by atomic mass is 16.4.